The first-order chi connectivity index (χ1) is 11.2. The van der Waals surface area contributed by atoms with Crippen LogP contribution in [0.5, 0.6) is 0 Å². The van der Waals surface area contributed by atoms with Crippen molar-refractivity contribution in [1.82, 2.24) is 15.2 Å². The Morgan fingerprint density at radius 2 is 2.09 bits per heavy atom. The molecule has 0 unspecified atom stereocenters. The topological polar surface area (TPSA) is 43.8 Å². The third kappa shape index (κ3) is 5.41. The Morgan fingerprint density at radius 3 is 2.70 bits per heavy atom. The molecule has 0 saturated carbocycles. The minimum Gasteiger partial charge on any atom is -0.357 e. The summed E-state index contributed by atoms with van der Waals surface area (Å²) >= 11 is 0. The molecule has 1 saturated heterocycles. The molecule has 1 fully saturated rings. The first-order valence-electron chi connectivity index (χ1n) is 8.94. The highest BCUT2D eigenvalue weighted by molar-refractivity contribution is 5.79. The molecule has 0 bridgehead atoms. The molecule has 0 amide bonds. The van der Waals surface area contributed by atoms with Gasteiger partial charge in [0.05, 0.1) is 6.54 Å². The number of nitrogens with zero attached hydrogens (tertiary/aromatic N) is 4. The van der Waals surface area contributed by atoms with Crippen LogP contribution in [0.4, 0.5) is 5.82 Å². The van der Waals surface area contributed by atoms with Crippen LogP contribution in [0.15, 0.2) is 23.3 Å². The number of rotatable bonds is 7. The molecular weight excluding hydrogens is 286 g/mol. The minimum absolute atomic E-state index is 0.673. The Morgan fingerprint density at radius 1 is 1.30 bits per heavy atom. The molecule has 0 atom stereocenters. The number of aliphatic imine (C=N–C) groups is 1. The average Bonchev–Trinajstić information content (AvgIpc) is 3.11. The highest BCUT2D eigenvalue weighted by Gasteiger charge is 2.13. The van der Waals surface area contributed by atoms with E-state index in [0.717, 1.165) is 43.5 Å². The van der Waals surface area contributed by atoms with E-state index in [9.17, 15) is 0 Å². The molecule has 5 heteroatoms. The second kappa shape index (κ2) is 9.38. The van der Waals surface area contributed by atoms with Crippen LogP contribution in [0.3, 0.4) is 0 Å². The van der Waals surface area contributed by atoms with Crippen molar-refractivity contribution in [2.45, 2.75) is 46.1 Å². The van der Waals surface area contributed by atoms with Crippen molar-refractivity contribution >= 4 is 11.8 Å². The Labute approximate surface area is 140 Å². The summed E-state index contributed by atoms with van der Waals surface area (Å²) in [6, 6.07) is 4.28. The van der Waals surface area contributed by atoms with E-state index in [2.05, 4.69) is 53.1 Å². The Balaban J connectivity index is 1.95. The summed E-state index contributed by atoms with van der Waals surface area (Å²) in [7, 11) is 2.10. The van der Waals surface area contributed by atoms with Gasteiger partial charge in [-0.2, -0.15) is 0 Å². The zero-order chi connectivity index (χ0) is 16.5. The second-order valence-electron chi connectivity index (χ2n) is 6.16. The van der Waals surface area contributed by atoms with Gasteiger partial charge in [-0.1, -0.05) is 19.4 Å². The fraction of sp³-hybridized carbons (Fsp3) is 0.667. The van der Waals surface area contributed by atoms with Gasteiger partial charge in [0.1, 0.15) is 5.82 Å². The van der Waals surface area contributed by atoms with Crippen LogP contribution < -0.4 is 10.2 Å². The van der Waals surface area contributed by atoms with Gasteiger partial charge in [0.15, 0.2) is 5.96 Å². The summed E-state index contributed by atoms with van der Waals surface area (Å²) in [5.41, 5.74) is 1.16. The number of nitrogens with one attached hydrogen (secondary N) is 1. The van der Waals surface area contributed by atoms with E-state index < -0.39 is 0 Å². The van der Waals surface area contributed by atoms with Crippen LogP contribution in [0.1, 0.15) is 45.1 Å². The summed E-state index contributed by atoms with van der Waals surface area (Å²) in [5.74, 6) is 2.08. The molecular formula is C18H31N5. The van der Waals surface area contributed by atoms with Gasteiger partial charge in [0.2, 0.25) is 0 Å². The van der Waals surface area contributed by atoms with Gasteiger partial charge in [-0.3, -0.25) is 0 Å². The van der Waals surface area contributed by atoms with Crippen LogP contribution in [-0.4, -0.2) is 49.1 Å². The zero-order valence-electron chi connectivity index (χ0n) is 14.9. The molecule has 0 radical (unpaired) electrons. The molecule has 1 N–H and O–H groups in total. The fourth-order valence-electron chi connectivity index (χ4n) is 2.78. The van der Waals surface area contributed by atoms with Crippen molar-refractivity contribution in [2.75, 3.05) is 38.1 Å². The number of guanidine groups is 1. The van der Waals surface area contributed by atoms with Crippen LogP contribution in [-0.2, 0) is 6.54 Å². The van der Waals surface area contributed by atoms with Crippen LogP contribution >= 0.6 is 0 Å². The van der Waals surface area contributed by atoms with E-state index >= 15 is 0 Å². The number of hydrogen-bond donors (Lipinski definition) is 1. The monoisotopic (exact) mass is 317 g/mol. The summed E-state index contributed by atoms with van der Waals surface area (Å²) in [5, 5.41) is 3.36. The van der Waals surface area contributed by atoms with E-state index in [4.69, 9.17) is 4.99 Å². The first kappa shape index (κ1) is 17.6. The van der Waals surface area contributed by atoms with Crippen molar-refractivity contribution in [3.05, 3.63) is 23.9 Å². The molecule has 23 heavy (non-hydrogen) atoms. The molecule has 1 aliphatic rings. The number of pyridine rings is 1. The molecule has 0 spiro atoms. The predicted octanol–water partition coefficient (Wildman–Crippen LogP) is 2.88. The largest absolute Gasteiger partial charge is 0.357 e. The lowest BCUT2D eigenvalue weighted by Crippen LogP contribution is -2.39. The average molecular weight is 317 g/mol. The lowest BCUT2D eigenvalue weighted by Gasteiger charge is -2.21. The highest BCUT2D eigenvalue weighted by Crippen LogP contribution is 2.17. The molecule has 5 nitrogen and oxygen atoms in total. The maximum Gasteiger partial charge on any atom is 0.193 e. The van der Waals surface area contributed by atoms with Crippen molar-refractivity contribution in [3.63, 3.8) is 0 Å². The molecule has 2 heterocycles. The lowest BCUT2D eigenvalue weighted by molar-refractivity contribution is 0.465. The molecule has 1 aliphatic heterocycles. The van der Waals surface area contributed by atoms with Crippen LogP contribution in [0.25, 0.3) is 0 Å². The summed E-state index contributed by atoms with van der Waals surface area (Å²) in [4.78, 5) is 13.9. The maximum atomic E-state index is 4.74. The van der Waals surface area contributed by atoms with Crippen molar-refractivity contribution in [3.8, 4) is 0 Å². The van der Waals surface area contributed by atoms with Gasteiger partial charge in [-0.15, -0.1) is 0 Å². The highest BCUT2D eigenvalue weighted by atomic mass is 15.3. The lowest BCUT2D eigenvalue weighted by atomic mass is 10.3. The maximum absolute atomic E-state index is 4.74. The van der Waals surface area contributed by atoms with E-state index in [1.54, 1.807) is 0 Å². The fourth-order valence-corrected chi connectivity index (χ4v) is 2.78. The smallest absolute Gasteiger partial charge is 0.193 e. The standard InChI is InChI=1S/C18H31N5/c1-4-6-11-22(3)18(19-5-2)21-15-16-9-10-17(20-14-16)23-12-7-8-13-23/h9-10,14H,4-8,11-13,15H2,1-3H3,(H,19,21). The summed E-state index contributed by atoms with van der Waals surface area (Å²) < 4.78 is 0. The number of anilines is 1. The zero-order valence-corrected chi connectivity index (χ0v) is 14.9. The molecule has 1 aromatic rings. The van der Waals surface area contributed by atoms with Gasteiger partial charge < -0.3 is 15.1 Å². The Kier molecular flexibility index (Phi) is 7.17. The van der Waals surface area contributed by atoms with Gasteiger partial charge in [0.25, 0.3) is 0 Å². The van der Waals surface area contributed by atoms with E-state index in [-0.39, 0.29) is 0 Å². The Bertz CT molecular complexity index is 477. The van der Waals surface area contributed by atoms with E-state index in [1.165, 1.54) is 25.7 Å². The SMILES string of the molecule is CCCCN(C)C(=NCc1ccc(N2CCCC2)nc1)NCC. The van der Waals surface area contributed by atoms with Crippen molar-refractivity contribution in [2.24, 2.45) is 4.99 Å². The molecule has 0 aliphatic carbocycles. The van der Waals surface area contributed by atoms with Gasteiger partial charge in [-0.25, -0.2) is 9.98 Å². The molecule has 1 aromatic heterocycles. The van der Waals surface area contributed by atoms with Crippen molar-refractivity contribution < 1.29 is 0 Å². The number of unbranched alkanes of at least 4 members (excludes halogenated alkanes) is 1. The first-order valence-corrected chi connectivity index (χ1v) is 8.94. The van der Waals surface area contributed by atoms with Gasteiger partial charge in [-0.05, 0) is 37.8 Å². The third-order valence-corrected chi connectivity index (χ3v) is 4.19. The molecule has 2 rings (SSSR count). The minimum atomic E-state index is 0.673. The summed E-state index contributed by atoms with van der Waals surface area (Å²) in [6.45, 7) is 9.19. The molecule has 128 valence electrons. The van der Waals surface area contributed by atoms with Crippen LogP contribution in [0, 0.1) is 0 Å². The quantitative estimate of drug-likeness (QED) is 0.620. The number of aromatic nitrogens is 1. The third-order valence-electron chi connectivity index (χ3n) is 4.19. The van der Waals surface area contributed by atoms with Gasteiger partial charge in [0, 0.05) is 39.4 Å². The normalized spacial score (nSPS) is 15.1. The van der Waals surface area contributed by atoms with E-state index in [1.807, 2.05) is 6.20 Å². The van der Waals surface area contributed by atoms with E-state index in [0.29, 0.717) is 6.54 Å². The van der Waals surface area contributed by atoms with Gasteiger partial charge >= 0.3 is 0 Å². The van der Waals surface area contributed by atoms with Crippen LogP contribution in [0.2, 0.25) is 0 Å². The second-order valence-corrected chi connectivity index (χ2v) is 6.16. The number of hydrogen-bond acceptors (Lipinski definition) is 3. The Hall–Kier alpha value is -1.78. The molecule has 0 aromatic carbocycles. The predicted molar refractivity (Wildman–Crippen MR) is 98.0 cm³/mol. The summed E-state index contributed by atoms with van der Waals surface area (Å²) in [6.07, 6.45) is 6.92. The van der Waals surface area contributed by atoms with Crippen molar-refractivity contribution in [1.29, 1.82) is 0 Å².